The molecule has 1 aliphatic carbocycles. The van der Waals surface area contributed by atoms with E-state index >= 15 is 0 Å². The van der Waals surface area contributed by atoms with E-state index in [0.29, 0.717) is 5.13 Å². The molecule has 7 nitrogen and oxygen atoms in total. The van der Waals surface area contributed by atoms with Gasteiger partial charge in [0.25, 0.3) is 10.0 Å². The van der Waals surface area contributed by atoms with Gasteiger partial charge in [0, 0.05) is 7.05 Å². The third-order valence-corrected chi connectivity index (χ3v) is 9.22. The predicted octanol–water partition coefficient (Wildman–Crippen LogP) is 4.76. The van der Waals surface area contributed by atoms with E-state index in [9.17, 15) is 12.8 Å². The van der Waals surface area contributed by atoms with E-state index in [1.165, 1.54) is 18.3 Å². The van der Waals surface area contributed by atoms with Gasteiger partial charge in [0.2, 0.25) is 0 Å². The van der Waals surface area contributed by atoms with E-state index in [4.69, 9.17) is 0 Å². The molecule has 2 aromatic heterocycles. The monoisotopic (exact) mass is 497 g/mol. The molecule has 0 saturated heterocycles. The van der Waals surface area contributed by atoms with Gasteiger partial charge in [-0.2, -0.15) is 4.72 Å². The smallest absolute Gasteiger partial charge is 0.252 e. The van der Waals surface area contributed by atoms with Crippen molar-refractivity contribution in [3.05, 3.63) is 84.2 Å². The van der Waals surface area contributed by atoms with Gasteiger partial charge in [0.05, 0.1) is 36.0 Å². The minimum Gasteiger partial charge on any atom is -0.365 e. The molecule has 4 aromatic rings. The molecular formula is C24H24FN5O2S2. The number of thiazole rings is 1. The van der Waals surface area contributed by atoms with Crippen molar-refractivity contribution in [3.63, 3.8) is 0 Å². The van der Waals surface area contributed by atoms with Crippen LogP contribution in [0.3, 0.4) is 0 Å². The Kier molecular flexibility index (Phi) is 5.75. The van der Waals surface area contributed by atoms with Crippen molar-refractivity contribution >= 4 is 26.5 Å². The summed E-state index contributed by atoms with van der Waals surface area (Å²) in [7, 11) is -1.97. The number of sulfonamides is 1. The van der Waals surface area contributed by atoms with Gasteiger partial charge in [-0.25, -0.2) is 22.8 Å². The van der Waals surface area contributed by atoms with Crippen molar-refractivity contribution in [1.29, 1.82) is 0 Å². The van der Waals surface area contributed by atoms with Crippen LogP contribution in [0.4, 0.5) is 9.52 Å². The van der Waals surface area contributed by atoms with Crippen LogP contribution in [0.25, 0.3) is 11.3 Å². The molecule has 1 fully saturated rings. The number of hydrogen-bond acceptors (Lipinski definition) is 6. The number of benzene rings is 2. The molecule has 0 aliphatic heterocycles. The topological polar surface area (TPSA) is 88.9 Å². The first-order valence-electron chi connectivity index (χ1n) is 10.9. The Morgan fingerprint density at radius 1 is 1.09 bits per heavy atom. The van der Waals surface area contributed by atoms with Crippen LogP contribution in [0.15, 0.2) is 71.5 Å². The van der Waals surface area contributed by atoms with Gasteiger partial charge in [-0.1, -0.05) is 47.7 Å². The third-order valence-electron chi connectivity index (χ3n) is 6.21. The van der Waals surface area contributed by atoms with Crippen molar-refractivity contribution in [1.82, 2.24) is 19.3 Å². The number of nitrogens with zero attached hydrogens (tertiary/aromatic N) is 3. The highest BCUT2D eigenvalue weighted by molar-refractivity contribution is 7.91. The molecule has 1 unspecified atom stereocenters. The van der Waals surface area contributed by atoms with Gasteiger partial charge >= 0.3 is 0 Å². The SMILES string of the molecule is CNc1ncc(S(=O)(=O)NC2(c3ccc(-c4cncn4C(C)c4ccc(F)cc4)cc3)CC2)s1. The average Bonchev–Trinajstić information content (AvgIpc) is 3.25. The fraction of sp³-hybridized carbons (Fsp3) is 0.250. The summed E-state index contributed by atoms with van der Waals surface area (Å²) in [4.78, 5) is 8.40. The van der Waals surface area contributed by atoms with E-state index in [1.807, 2.05) is 35.8 Å². The molecule has 176 valence electrons. The molecule has 10 heteroatoms. The van der Waals surface area contributed by atoms with Crippen LogP contribution in [0.2, 0.25) is 0 Å². The Balaban J connectivity index is 1.38. The molecule has 0 amide bonds. The van der Waals surface area contributed by atoms with Gasteiger partial charge in [-0.15, -0.1) is 0 Å². The number of aromatic nitrogens is 3. The Labute approximate surface area is 201 Å². The number of halogens is 1. The fourth-order valence-corrected chi connectivity index (χ4v) is 6.51. The molecule has 0 radical (unpaired) electrons. The van der Waals surface area contributed by atoms with Gasteiger partial charge in [0.1, 0.15) is 5.82 Å². The van der Waals surface area contributed by atoms with Crippen LogP contribution in [-0.2, 0) is 15.6 Å². The summed E-state index contributed by atoms with van der Waals surface area (Å²) in [6.45, 7) is 2.04. The van der Waals surface area contributed by atoms with Crippen molar-refractivity contribution in [2.45, 2.75) is 35.6 Å². The minimum absolute atomic E-state index is 0.0266. The lowest BCUT2D eigenvalue weighted by Gasteiger charge is -2.19. The molecule has 2 aromatic carbocycles. The first kappa shape index (κ1) is 22.7. The highest BCUT2D eigenvalue weighted by Gasteiger charge is 2.48. The molecule has 2 heterocycles. The Morgan fingerprint density at radius 2 is 1.79 bits per heavy atom. The van der Waals surface area contributed by atoms with Crippen molar-refractivity contribution in [3.8, 4) is 11.3 Å². The second-order valence-corrected chi connectivity index (χ2v) is 11.4. The molecule has 1 atom stereocenters. The fourth-order valence-electron chi connectivity index (χ4n) is 4.08. The number of rotatable bonds is 8. The van der Waals surface area contributed by atoms with E-state index in [1.54, 1.807) is 31.7 Å². The number of hydrogen-bond donors (Lipinski definition) is 2. The molecule has 5 rings (SSSR count). The lowest BCUT2D eigenvalue weighted by Crippen LogP contribution is -2.34. The highest BCUT2D eigenvalue weighted by Crippen LogP contribution is 2.47. The zero-order valence-electron chi connectivity index (χ0n) is 18.7. The zero-order valence-corrected chi connectivity index (χ0v) is 20.3. The van der Waals surface area contributed by atoms with Crippen molar-refractivity contribution in [2.75, 3.05) is 12.4 Å². The van der Waals surface area contributed by atoms with E-state index < -0.39 is 15.6 Å². The molecule has 0 spiro atoms. The molecule has 1 aliphatic rings. The van der Waals surface area contributed by atoms with Crippen LogP contribution in [0.1, 0.15) is 36.9 Å². The first-order chi connectivity index (χ1) is 16.3. The summed E-state index contributed by atoms with van der Waals surface area (Å²) in [6, 6.07) is 14.4. The van der Waals surface area contributed by atoms with Crippen LogP contribution in [0.5, 0.6) is 0 Å². The van der Waals surface area contributed by atoms with Crippen LogP contribution in [0, 0.1) is 5.82 Å². The van der Waals surface area contributed by atoms with E-state index in [0.717, 1.165) is 46.6 Å². The number of anilines is 1. The summed E-state index contributed by atoms with van der Waals surface area (Å²) >= 11 is 1.10. The molecule has 1 saturated carbocycles. The summed E-state index contributed by atoms with van der Waals surface area (Å²) in [5.74, 6) is -0.264. The minimum atomic E-state index is -3.67. The maximum absolute atomic E-state index is 13.3. The summed E-state index contributed by atoms with van der Waals surface area (Å²) in [5.41, 5.74) is 3.21. The second-order valence-electron chi connectivity index (χ2n) is 8.41. The molecular weight excluding hydrogens is 473 g/mol. The first-order valence-corrected chi connectivity index (χ1v) is 13.2. The van der Waals surface area contributed by atoms with Gasteiger partial charge in [-0.3, -0.25) is 0 Å². The largest absolute Gasteiger partial charge is 0.365 e. The predicted molar refractivity (Wildman–Crippen MR) is 131 cm³/mol. The van der Waals surface area contributed by atoms with E-state index in [-0.39, 0.29) is 16.1 Å². The maximum atomic E-state index is 13.3. The number of nitrogens with one attached hydrogen (secondary N) is 2. The summed E-state index contributed by atoms with van der Waals surface area (Å²) in [6.07, 6.45) is 6.42. The van der Waals surface area contributed by atoms with Crippen molar-refractivity contribution in [2.24, 2.45) is 0 Å². The van der Waals surface area contributed by atoms with E-state index in [2.05, 4.69) is 20.0 Å². The highest BCUT2D eigenvalue weighted by atomic mass is 32.2. The quantitative estimate of drug-likeness (QED) is 0.366. The van der Waals surface area contributed by atoms with Gasteiger partial charge < -0.3 is 9.88 Å². The van der Waals surface area contributed by atoms with Crippen LogP contribution in [-0.4, -0.2) is 30.0 Å². The lowest BCUT2D eigenvalue weighted by molar-refractivity contribution is 0.553. The Bertz CT molecular complexity index is 1410. The van der Waals surface area contributed by atoms with Gasteiger partial charge in [0.15, 0.2) is 9.34 Å². The summed E-state index contributed by atoms with van der Waals surface area (Å²) in [5, 5.41) is 3.42. The molecule has 2 N–H and O–H groups in total. The average molecular weight is 498 g/mol. The second kappa shape index (κ2) is 8.61. The Hall–Kier alpha value is -3.08. The zero-order chi connectivity index (χ0) is 23.9. The van der Waals surface area contributed by atoms with Crippen LogP contribution >= 0.6 is 11.3 Å². The normalized spacial score (nSPS) is 15.7. The standard InChI is InChI=1S/C24H24FN5O2S2/c1-16(17-5-9-20(25)10-6-17)30-15-27-13-21(30)18-3-7-19(8-4-18)24(11-12-24)29-34(31,32)22-14-28-23(26-2)33-22/h3-10,13-16,29H,11-12H2,1-2H3,(H,26,28). The third kappa shape index (κ3) is 4.24. The lowest BCUT2D eigenvalue weighted by atomic mass is 10.0. The maximum Gasteiger partial charge on any atom is 0.252 e. The number of imidazole rings is 1. The van der Waals surface area contributed by atoms with Crippen LogP contribution < -0.4 is 10.0 Å². The van der Waals surface area contributed by atoms with Gasteiger partial charge in [-0.05, 0) is 48.6 Å². The molecule has 34 heavy (non-hydrogen) atoms. The summed E-state index contributed by atoms with van der Waals surface area (Å²) < 4.78 is 44.3. The molecule has 0 bridgehead atoms. The van der Waals surface area contributed by atoms with Crippen molar-refractivity contribution < 1.29 is 12.8 Å². The Morgan fingerprint density at radius 3 is 2.41 bits per heavy atom.